The zero-order valence-electron chi connectivity index (χ0n) is 10.9. The van der Waals surface area contributed by atoms with E-state index in [9.17, 15) is 14.4 Å². The third-order valence-corrected chi connectivity index (χ3v) is 2.34. The Morgan fingerprint density at radius 1 is 1.50 bits per heavy atom. The van der Waals surface area contributed by atoms with Gasteiger partial charge in [0, 0.05) is 13.5 Å². The van der Waals surface area contributed by atoms with Crippen molar-refractivity contribution in [2.75, 3.05) is 0 Å². The highest BCUT2D eigenvalue weighted by atomic mass is 16.4. The minimum atomic E-state index is -1.24. The number of aryl methyl sites for hydroxylation is 1. The van der Waals surface area contributed by atoms with Crippen molar-refractivity contribution >= 4 is 17.9 Å². The van der Waals surface area contributed by atoms with Crippen LogP contribution >= 0.6 is 0 Å². The molecule has 20 heavy (non-hydrogen) atoms. The van der Waals surface area contributed by atoms with E-state index >= 15 is 0 Å². The van der Waals surface area contributed by atoms with Crippen molar-refractivity contribution in [3.05, 3.63) is 12.2 Å². The van der Waals surface area contributed by atoms with Gasteiger partial charge in [0.1, 0.15) is 12.4 Å². The summed E-state index contributed by atoms with van der Waals surface area (Å²) in [6, 6.07) is -1.87. The lowest BCUT2D eigenvalue weighted by atomic mass is 10.1. The molecule has 10 nitrogen and oxygen atoms in total. The quantitative estimate of drug-likeness (QED) is 0.470. The van der Waals surface area contributed by atoms with E-state index in [2.05, 4.69) is 20.7 Å². The molecule has 0 aromatic carbocycles. The molecule has 10 heteroatoms. The highest BCUT2D eigenvalue weighted by molar-refractivity contribution is 5.83. The number of primary amides is 1. The number of aliphatic carboxylic acids is 1. The first-order chi connectivity index (χ1) is 9.38. The van der Waals surface area contributed by atoms with Gasteiger partial charge in [-0.25, -0.2) is 14.6 Å². The number of carbonyl (C=O) groups is 3. The van der Waals surface area contributed by atoms with Crippen LogP contribution in [0.3, 0.4) is 0 Å². The molecule has 110 valence electrons. The predicted molar refractivity (Wildman–Crippen MR) is 66.2 cm³/mol. The Balaban J connectivity index is 2.41. The van der Waals surface area contributed by atoms with Crippen LogP contribution in [-0.2, 0) is 23.2 Å². The van der Waals surface area contributed by atoms with Gasteiger partial charge in [-0.15, -0.1) is 0 Å². The molecule has 3 amide bonds. The van der Waals surface area contributed by atoms with Crippen LogP contribution in [-0.4, -0.2) is 43.8 Å². The molecule has 0 spiro atoms. The summed E-state index contributed by atoms with van der Waals surface area (Å²) in [6.07, 6.45) is 1.28. The molecule has 0 aliphatic heterocycles. The first-order valence-corrected chi connectivity index (χ1v) is 5.78. The predicted octanol–water partition coefficient (Wildman–Crippen LogP) is -1.67. The monoisotopic (exact) mass is 284 g/mol. The Kier molecular flexibility index (Phi) is 5.44. The van der Waals surface area contributed by atoms with Gasteiger partial charge >= 0.3 is 12.0 Å². The molecular formula is C10H16N6O4. The van der Waals surface area contributed by atoms with Gasteiger partial charge in [-0.1, -0.05) is 0 Å². The maximum Gasteiger partial charge on any atom is 0.326 e. The molecule has 0 radical (unpaired) electrons. The van der Waals surface area contributed by atoms with Crippen molar-refractivity contribution in [3.8, 4) is 0 Å². The second-order valence-electron chi connectivity index (χ2n) is 4.06. The van der Waals surface area contributed by atoms with Gasteiger partial charge in [-0.3, -0.25) is 9.48 Å². The largest absolute Gasteiger partial charge is 0.480 e. The van der Waals surface area contributed by atoms with Gasteiger partial charge in [-0.05, 0) is 6.42 Å². The third kappa shape index (κ3) is 5.33. The average molecular weight is 284 g/mol. The maximum absolute atomic E-state index is 11.5. The third-order valence-electron chi connectivity index (χ3n) is 2.34. The summed E-state index contributed by atoms with van der Waals surface area (Å²) in [5, 5.41) is 17.5. The first kappa shape index (κ1) is 15.4. The Hall–Kier alpha value is -2.65. The Labute approximate surface area is 114 Å². The lowest BCUT2D eigenvalue weighted by molar-refractivity contribution is -0.139. The summed E-state index contributed by atoms with van der Waals surface area (Å²) in [5.41, 5.74) is 4.93. The summed E-state index contributed by atoms with van der Waals surface area (Å²) in [5.74, 6) is -1.47. The van der Waals surface area contributed by atoms with E-state index in [0.29, 0.717) is 5.82 Å². The number of nitrogens with one attached hydrogen (secondary N) is 2. The standard InChI is InChI=1S/C10H16N6O4/c1-16-5-13-8(15-16)4-12-10(20)14-6(9(18)19)2-3-7(11)17/h5-6H,2-4H2,1H3,(H2,11,17)(H,18,19)(H2,12,14,20). The second kappa shape index (κ2) is 7.07. The highest BCUT2D eigenvalue weighted by Crippen LogP contribution is 1.97. The molecule has 0 aliphatic carbocycles. The lowest BCUT2D eigenvalue weighted by Gasteiger charge is -2.13. The SMILES string of the molecule is Cn1cnc(CNC(=O)NC(CCC(N)=O)C(=O)O)n1. The van der Waals surface area contributed by atoms with Crippen molar-refractivity contribution in [1.82, 2.24) is 25.4 Å². The number of hydrogen-bond acceptors (Lipinski definition) is 5. The molecule has 0 saturated carbocycles. The molecule has 5 N–H and O–H groups in total. The van der Waals surface area contributed by atoms with Gasteiger partial charge in [0.2, 0.25) is 5.91 Å². The summed E-state index contributed by atoms with van der Waals surface area (Å²) in [4.78, 5) is 36.9. The van der Waals surface area contributed by atoms with Crippen molar-refractivity contribution < 1.29 is 19.5 Å². The van der Waals surface area contributed by atoms with E-state index in [0.717, 1.165) is 0 Å². The fraction of sp³-hybridized carbons (Fsp3) is 0.500. The number of carbonyl (C=O) groups excluding carboxylic acids is 2. The minimum absolute atomic E-state index is 0.0643. The molecule has 0 bridgehead atoms. The number of urea groups is 1. The van der Waals surface area contributed by atoms with E-state index in [1.165, 1.54) is 11.0 Å². The van der Waals surface area contributed by atoms with Crippen LogP contribution in [0.2, 0.25) is 0 Å². The summed E-state index contributed by atoms with van der Waals surface area (Å²) in [6.45, 7) is 0.0643. The summed E-state index contributed by atoms with van der Waals surface area (Å²) < 4.78 is 1.47. The normalized spacial score (nSPS) is 11.7. The molecule has 0 saturated heterocycles. The van der Waals surface area contributed by atoms with Crippen LogP contribution in [0.5, 0.6) is 0 Å². The van der Waals surface area contributed by atoms with Crippen LogP contribution < -0.4 is 16.4 Å². The second-order valence-corrected chi connectivity index (χ2v) is 4.06. The molecule has 1 aromatic rings. The number of amides is 3. The summed E-state index contributed by atoms with van der Waals surface area (Å²) in [7, 11) is 1.68. The Morgan fingerprint density at radius 3 is 2.70 bits per heavy atom. The topological polar surface area (TPSA) is 152 Å². The zero-order chi connectivity index (χ0) is 15.1. The van der Waals surface area contributed by atoms with Crippen LogP contribution in [0.4, 0.5) is 4.79 Å². The maximum atomic E-state index is 11.5. The lowest BCUT2D eigenvalue weighted by Crippen LogP contribution is -2.46. The van der Waals surface area contributed by atoms with E-state index in [-0.39, 0.29) is 19.4 Å². The molecular weight excluding hydrogens is 268 g/mol. The molecule has 0 aliphatic rings. The van der Waals surface area contributed by atoms with E-state index < -0.39 is 23.9 Å². The minimum Gasteiger partial charge on any atom is -0.480 e. The number of carboxylic acid groups (broad SMARTS) is 1. The van der Waals surface area contributed by atoms with Gasteiger partial charge in [0.05, 0.1) is 6.54 Å². The smallest absolute Gasteiger partial charge is 0.326 e. The molecule has 1 rings (SSSR count). The number of hydrogen-bond donors (Lipinski definition) is 4. The van der Waals surface area contributed by atoms with Crippen molar-refractivity contribution in [1.29, 1.82) is 0 Å². The molecule has 1 atom stereocenters. The van der Waals surface area contributed by atoms with Crippen molar-refractivity contribution in [3.63, 3.8) is 0 Å². The summed E-state index contributed by atoms with van der Waals surface area (Å²) >= 11 is 0. The first-order valence-electron chi connectivity index (χ1n) is 5.78. The van der Waals surface area contributed by atoms with Crippen molar-refractivity contribution in [2.24, 2.45) is 12.8 Å². The highest BCUT2D eigenvalue weighted by Gasteiger charge is 2.20. The Morgan fingerprint density at radius 2 is 2.20 bits per heavy atom. The number of aromatic nitrogens is 3. The number of rotatable bonds is 7. The Bertz CT molecular complexity index is 500. The number of nitrogens with zero attached hydrogens (tertiary/aromatic N) is 3. The van der Waals surface area contributed by atoms with Gasteiger partial charge < -0.3 is 21.5 Å². The van der Waals surface area contributed by atoms with Gasteiger partial charge in [-0.2, -0.15) is 5.10 Å². The van der Waals surface area contributed by atoms with Crippen LogP contribution in [0.15, 0.2) is 6.33 Å². The van der Waals surface area contributed by atoms with Gasteiger partial charge in [0.15, 0.2) is 5.82 Å². The number of nitrogens with two attached hydrogens (primary N) is 1. The fourth-order valence-corrected chi connectivity index (χ4v) is 1.38. The molecule has 1 aromatic heterocycles. The molecule has 1 unspecified atom stereocenters. The van der Waals surface area contributed by atoms with Gasteiger partial charge in [0.25, 0.3) is 0 Å². The van der Waals surface area contributed by atoms with Crippen molar-refractivity contribution in [2.45, 2.75) is 25.4 Å². The van der Waals surface area contributed by atoms with E-state index in [1.807, 2.05) is 0 Å². The van der Waals surface area contributed by atoms with Crippen LogP contribution in [0.25, 0.3) is 0 Å². The fourth-order valence-electron chi connectivity index (χ4n) is 1.38. The molecule has 0 fully saturated rings. The van der Waals surface area contributed by atoms with Crippen LogP contribution in [0, 0.1) is 0 Å². The van der Waals surface area contributed by atoms with Crippen LogP contribution in [0.1, 0.15) is 18.7 Å². The zero-order valence-corrected chi connectivity index (χ0v) is 10.9. The molecule has 1 heterocycles. The van der Waals surface area contributed by atoms with E-state index in [1.54, 1.807) is 7.05 Å². The van der Waals surface area contributed by atoms with E-state index in [4.69, 9.17) is 10.8 Å². The average Bonchev–Trinajstić information content (AvgIpc) is 2.77. The number of carboxylic acids is 1.